The van der Waals surface area contributed by atoms with E-state index in [4.69, 9.17) is 0 Å². The maximum absolute atomic E-state index is 13.1. The summed E-state index contributed by atoms with van der Waals surface area (Å²) >= 11 is 1.32. The number of hydrogen-bond acceptors (Lipinski definition) is 5. The van der Waals surface area contributed by atoms with Gasteiger partial charge in [0, 0.05) is 17.0 Å². The van der Waals surface area contributed by atoms with Crippen molar-refractivity contribution in [1.29, 1.82) is 0 Å². The van der Waals surface area contributed by atoms with Gasteiger partial charge < -0.3 is 10.3 Å². The summed E-state index contributed by atoms with van der Waals surface area (Å²) in [5.41, 5.74) is 3.22. The van der Waals surface area contributed by atoms with Crippen LogP contribution in [0.3, 0.4) is 0 Å². The lowest BCUT2D eigenvalue weighted by Crippen LogP contribution is -2.16. The second kappa shape index (κ2) is 9.14. The van der Waals surface area contributed by atoms with Crippen LogP contribution in [0.15, 0.2) is 53.4 Å². The number of anilines is 1. The van der Waals surface area contributed by atoms with E-state index in [1.165, 1.54) is 23.5 Å². The van der Waals surface area contributed by atoms with Crippen LogP contribution < -0.4 is 5.32 Å². The molecule has 170 valence electrons. The molecule has 6 nitrogen and oxygen atoms in total. The number of aromatic amines is 1. The zero-order valence-corrected chi connectivity index (χ0v) is 18.3. The number of rotatable bonds is 7. The molecule has 2 heterocycles. The van der Waals surface area contributed by atoms with Crippen LogP contribution in [-0.2, 0) is 17.4 Å². The molecule has 4 rings (SSSR count). The zero-order chi connectivity index (χ0) is 23.6. The Bertz CT molecular complexity index is 1300. The number of thiazole rings is 1. The number of ketones is 1. The Morgan fingerprint density at radius 2 is 2.00 bits per heavy atom. The fourth-order valence-electron chi connectivity index (χ4n) is 3.61. The molecule has 0 radical (unpaired) electrons. The predicted octanol–water partition coefficient (Wildman–Crippen LogP) is 5.60. The number of fused-ring (bicyclic) bond motifs is 1. The van der Waals surface area contributed by atoms with E-state index in [1.54, 1.807) is 36.0 Å². The summed E-state index contributed by atoms with van der Waals surface area (Å²) in [5.74, 6) is -0.831. The molecule has 2 aromatic heterocycles. The molecular formula is C23H19F3N4O2S. The van der Waals surface area contributed by atoms with Crippen LogP contribution in [0.25, 0.3) is 11.0 Å². The average molecular weight is 472 g/mol. The van der Waals surface area contributed by atoms with Crippen LogP contribution in [0, 0.1) is 0 Å². The van der Waals surface area contributed by atoms with E-state index in [0.29, 0.717) is 40.2 Å². The fraction of sp³-hybridized carbons (Fsp3) is 0.217. The number of Topliss-reactive ketones (excluding diaryl/α,β-unsaturated/α-hetero) is 1. The van der Waals surface area contributed by atoms with Crippen molar-refractivity contribution in [3.8, 4) is 0 Å². The molecule has 1 unspecified atom stereocenters. The van der Waals surface area contributed by atoms with E-state index < -0.39 is 17.7 Å². The normalized spacial score (nSPS) is 12.6. The number of halogens is 3. The summed E-state index contributed by atoms with van der Waals surface area (Å²) in [6.45, 7) is 1.76. The third-order valence-corrected chi connectivity index (χ3v) is 5.80. The minimum atomic E-state index is -4.47. The number of alkyl halides is 3. The molecule has 10 heteroatoms. The molecule has 0 aliphatic carbocycles. The van der Waals surface area contributed by atoms with Gasteiger partial charge in [-0.25, -0.2) is 9.97 Å². The number of H-pyrrole nitrogens is 1. The SMILES string of the molecule is CCC(C(=O)Cc1nc2ccc(NC(=O)c3cscn3)cc2[nH]1)c1cccc(C(F)(F)F)c1. The topological polar surface area (TPSA) is 87.7 Å². The van der Waals surface area contributed by atoms with E-state index >= 15 is 0 Å². The third kappa shape index (κ3) is 5.11. The van der Waals surface area contributed by atoms with Crippen LogP contribution in [0.4, 0.5) is 18.9 Å². The fourth-order valence-corrected chi connectivity index (χ4v) is 4.15. The van der Waals surface area contributed by atoms with Crippen molar-refractivity contribution in [2.45, 2.75) is 31.9 Å². The van der Waals surface area contributed by atoms with Crippen LogP contribution in [0.2, 0.25) is 0 Å². The monoisotopic (exact) mass is 472 g/mol. The highest BCUT2D eigenvalue weighted by Gasteiger charge is 2.31. The van der Waals surface area contributed by atoms with Crippen molar-refractivity contribution >= 4 is 39.7 Å². The first kappa shape index (κ1) is 22.7. The van der Waals surface area contributed by atoms with E-state index in [1.807, 2.05) is 0 Å². The Hall–Kier alpha value is -3.53. The standard InChI is InChI=1S/C23H19F3N4O2S/c1-2-16(13-4-3-5-14(8-13)23(24,25)26)20(31)10-21-29-17-7-6-15(9-18(17)30-21)28-22(32)19-11-33-12-27-19/h3-9,11-12,16H,2,10H2,1H3,(H,28,32)(H,29,30). The second-order valence-electron chi connectivity index (χ2n) is 7.47. The highest BCUT2D eigenvalue weighted by Crippen LogP contribution is 2.32. The van der Waals surface area contributed by atoms with Gasteiger partial charge in [0.25, 0.3) is 5.91 Å². The van der Waals surface area contributed by atoms with Crippen molar-refractivity contribution in [1.82, 2.24) is 15.0 Å². The van der Waals surface area contributed by atoms with Crippen LogP contribution in [-0.4, -0.2) is 26.6 Å². The molecule has 2 aromatic carbocycles. The van der Waals surface area contributed by atoms with Crippen LogP contribution in [0.1, 0.15) is 46.7 Å². The Morgan fingerprint density at radius 3 is 2.70 bits per heavy atom. The number of carbonyl (C=O) groups is 2. The maximum Gasteiger partial charge on any atom is 0.416 e. The van der Waals surface area contributed by atoms with Crippen molar-refractivity contribution < 1.29 is 22.8 Å². The molecule has 0 bridgehead atoms. The van der Waals surface area contributed by atoms with Gasteiger partial charge in [-0.2, -0.15) is 13.2 Å². The number of nitrogens with one attached hydrogen (secondary N) is 2. The lowest BCUT2D eigenvalue weighted by atomic mass is 9.89. The number of hydrogen-bond donors (Lipinski definition) is 2. The molecule has 1 amide bonds. The highest BCUT2D eigenvalue weighted by atomic mass is 32.1. The van der Waals surface area contributed by atoms with Gasteiger partial charge in [0.05, 0.1) is 28.5 Å². The molecule has 0 saturated heterocycles. The smallest absolute Gasteiger partial charge is 0.342 e. The lowest BCUT2D eigenvalue weighted by Gasteiger charge is -2.15. The zero-order valence-electron chi connectivity index (χ0n) is 17.4. The van der Waals surface area contributed by atoms with Gasteiger partial charge in [-0.05, 0) is 36.2 Å². The molecule has 0 aliphatic heterocycles. The molecule has 0 saturated carbocycles. The van der Waals surface area contributed by atoms with Crippen molar-refractivity contribution in [2.24, 2.45) is 0 Å². The van der Waals surface area contributed by atoms with Gasteiger partial charge in [-0.15, -0.1) is 11.3 Å². The number of aromatic nitrogens is 3. The summed E-state index contributed by atoms with van der Waals surface area (Å²) in [6, 6.07) is 9.97. The quantitative estimate of drug-likeness (QED) is 0.367. The summed E-state index contributed by atoms with van der Waals surface area (Å²) < 4.78 is 39.2. The van der Waals surface area contributed by atoms with Crippen LogP contribution in [0.5, 0.6) is 0 Å². The average Bonchev–Trinajstić information content (AvgIpc) is 3.43. The summed E-state index contributed by atoms with van der Waals surface area (Å²) in [5, 5.41) is 4.39. The molecule has 4 aromatic rings. The van der Waals surface area contributed by atoms with E-state index in [0.717, 1.165) is 12.1 Å². The van der Waals surface area contributed by atoms with Crippen molar-refractivity contribution in [3.05, 3.63) is 76.0 Å². The van der Waals surface area contributed by atoms with E-state index in [2.05, 4.69) is 20.3 Å². The maximum atomic E-state index is 13.1. The van der Waals surface area contributed by atoms with Crippen LogP contribution >= 0.6 is 11.3 Å². The molecule has 2 N–H and O–H groups in total. The van der Waals surface area contributed by atoms with Gasteiger partial charge in [-0.3, -0.25) is 9.59 Å². The molecule has 1 atom stereocenters. The molecular weight excluding hydrogens is 453 g/mol. The Balaban J connectivity index is 1.51. The lowest BCUT2D eigenvalue weighted by molar-refractivity contribution is -0.137. The summed E-state index contributed by atoms with van der Waals surface area (Å²) in [7, 11) is 0. The molecule has 0 fully saturated rings. The predicted molar refractivity (Wildman–Crippen MR) is 119 cm³/mol. The van der Waals surface area contributed by atoms with Crippen molar-refractivity contribution in [2.75, 3.05) is 5.32 Å². The van der Waals surface area contributed by atoms with Gasteiger partial charge in [-0.1, -0.05) is 25.1 Å². The summed E-state index contributed by atoms with van der Waals surface area (Å²) in [6.07, 6.45) is -4.15. The second-order valence-corrected chi connectivity index (χ2v) is 8.19. The first-order valence-electron chi connectivity index (χ1n) is 10.1. The number of nitrogens with zero attached hydrogens (tertiary/aromatic N) is 2. The molecule has 0 aliphatic rings. The number of benzene rings is 2. The Labute approximate surface area is 190 Å². The summed E-state index contributed by atoms with van der Waals surface area (Å²) in [4.78, 5) is 36.5. The van der Waals surface area contributed by atoms with Crippen molar-refractivity contribution in [3.63, 3.8) is 0 Å². The first-order chi connectivity index (χ1) is 15.7. The Morgan fingerprint density at radius 1 is 1.18 bits per heavy atom. The third-order valence-electron chi connectivity index (χ3n) is 5.21. The van der Waals surface area contributed by atoms with E-state index in [9.17, 15) is 22.8 Å². The first-order valence-corrected chi connectivity index (χ1v) is 11.1. The minimum Gasteiger partial charge on any atom is -0.342 e. The van der Waals surface area contributed by atoms with Gasteiger partial charge in [0.2, 0.25) is 0 Å². The van der Waals surface area contributed by atoms with Gasteiger partial charge in [0.15, 0.2) is 0 Å². The van der Waals surface area contributed by atoms with Gasteiger partial charge in [0.1, 0.15) is 17.3 Å². The Kier molecular flexibility index (Phi) is 6.28. The number of amides is 1. The number of imidazole rings is 1. The van der Waals surface area contributed by atoms with Gasteiger partial charge >= 0.3 is 6.18 Å². The largest absolute Gasteiger partial charge is 0.416 e. The number of carbonyl (C=O) groups excluding carboxylic acids is 2. The minimum absolute atomic E-state index is 0.0516. The highest BCUT2D eigenvalue weighted by molar-refractivity contribution is 7.07. The van der Waals surface area contributed by atoms with E-state index in [-0.39, 0.29) is 18.1 Å². The molecule has 33 heavy (non-hydrogen) atoms. The molecule has 0 spiro atoms.